The number of nitrogens with one attached hydrogen (secondary N) is 1. The molecule has 6 heteroatoms. The van der Waals surface area contributed by atoms with Crippen molar-refractivity contribution in [3.8, 4) is 11.3 Å². The molecule has 0 bridgehead atoms. The van der Waals surface area contributed by atoms with Crippen molar-refractivity contribution in [1.29, 1.82) is 0 Å². The monoisotopic (exact) mass is 498 g/mol. The number of hydrogen-bond donors (Lipinski definition) is 1. The average Bonchev–Trinajstić information content (AvgIpc) is 3.20. The van der Waals surface area contributed by atoms with E-state index in [-0.39, 0.29) is 11.9 Å². The van der Waals surface area contributed by atoms with Gasteiger partial charge < -0.3 is 10.1 Å². The molecule has 1 atom stereocenters. The lowest BCUT2D eigenvalue weighted by molar-refractivity contribution is 0.0526. The van der Waals surface area contributed by atoms with E-state index in [1.165, 1.54) is 21.8 Å². The number of ether oxygens (including phenoxy) is 1. The summed E-state index contributed by atoms with van der Waals surface area (Å²) in [5.74, 6) is -0.0635. The SMILES string of the molecule is CCOC(=O)c1c(NC(=O)c2cc(-c3ccc(C)cc3C)nc3ccccc23)sc2c1CC[C@@H](C)C2. The number of pyridine rings is 1. The maximum Gasteiger partial charge on any atom is 0.341 e. The molecule has 0 radical (unpaired) electrons. The third-order valence-corrected chi connectivity index (χ3v) is 8.01. The quantitative estimate of drug-likeness (QED) is 0.297. The van der Waals surface area contributed by atoms with Gasteiger partial charge in [-0.25, -0.2) is 9.78 Å². The average molecular weight is 499 g/mol. The number of nitrogens with zero attached hydrogens (tertiary/aromatic N) is 1. The van der Waals surface area contributed by atoms with Gasteiger partial charge in [-0.1, -0.05) is 48.9 Å². The van der Waals surface area contributed by atoms with Gasteiger partial charge in [0.2, 0.25) is 0 Å². The van der Waals surface area contributed by atoms with Gasteiger partial charge in [-0.2, -0.15) is 0 Å². The molecule has 36 heavy (non-hydrogen) atoms. The number of thiophene rings is 1. The van der Waals surface area contributed by atoms with Crippen molar-refractivity contribution in [2.75, 3.05) is 11.9 Å². The van der Waals surface area contributed by atoms with Gasteiger partial charge in [-0.05, 0) is 69.2 Å². The molecule has 1 aliphatic carbocycles. The molecule has 2 heterocycles. The number of rotatable bonds is 5. The van der Waals surface area contributed by atoms with Gasteiger partial charge in [0.05, 0.1) is 28.9 Å². The summed E-state index contributed by atoms with van der Waals surface area (Å²) in [6.07, 6.45) is 2.77. The summed E-state index contributed by atoms with van der Waals surface area (Å²) >= 11 is 1.50. The van der Waals surface area contributed by atoms with Crippen molar-refractivity contribution in [2.45, 2.75) is 47.0 Å². The van der Waals surface area contributed by atoms with Crippen LogP contribution in [0, 0.1) is 19.8 Å². The van der Waals surface area contributed by atoms with Crippen molar-refractivity contribution >= 4 is 39.1 Å². The van der Waals surface area contributed by atoms with E-state index in [2.05, 4.69) is 44.3 Å². The second-order valence-corrected chi connectivity index (χ2v) is 10.7. The minimum Gasteiger partial charge on any atom is -0.462 e. The molecule has 184 valence electrons. The smallest absolute Gasteiger partial charge is 0.341 e. The topological polar surface area (TPSA) is 68.3 Å². The Hall–Kier alpha value is -3.51. The van der Waals surface area contributed by atoms with Crippen molar-refractivity contribution in [3.05, 3.63) is 81.2 Å². The van der Waals surface area contributed by atoms with Crippen LogP contribution in [0.25, 0.3) is 22.2 Å². The first-order chi connectivity index (χ1) is 17.4. The molecule has 4 aromatic rings. The summed E-state index contributed by atoms with van der Waals surface area (Å²) in [7, 11) is 0. The molecule has 0 saturated heterocycles. The molecule has 1 N–H and O–H groups in total. The van der Waals surface area contributed by atoms with Gasteiger partial charge in [-0.15, -0.1) is 11.3 Å². The number of aromatic nitrogens is 1. The molecule has 0 spiro atoms. The Labute approximate surface area is 215 Å². The maximum absolute atomic E-state index is 13.8. The van der Waals surface area contributed by atoms with E-state index < -0.39 is 0 Å². The van der Waals surface area contributed by atoms with E-state index in [4.69, 9.17) is 9.72 Å². The lowest BCUT2D eigenvalue weighted by atomic mass is 9.88. The number of para-hydroxylation sites is 1. The van der Waals surface area contributed by atoms with Crippen molar-refractivity contribution < 1.29 is 14.3 Å². The fraction of sp³-hybridized carbons (Fsp3) is 0.300. The van der Waals surface area contributed by atoms with Crippen LogP contribution in [0.3, 0.4) is 0 Å². The third-order valence-electron chi connectivity index (χ3n) is 6.84. The lowest BCUT2D eigenvalue weighted by Gasteiger charge is -2.18. The minimum absolute atomic E-state index is 0.253. The number of amides is 1. The predicted molar refractivity (Wildman–Crippen MR) is 146 cm³/mol. The molecule has 0 unspecified atom stereocenters. The van der Waals surface area contributed by atoms with Gasteiger partial charge >= 0.3 is 5.97 Å². The number of benzene rings is 2. The number of anilines is 1. The second kappa shape index (κ2) is 9.86. The zero-order valence-electron chi connectivity index (χ0n) is 21.1. The van der Waals surface area contributed by atoms with E-state index in [1.807, 2.05) is 30.3 Å². The van der Waals surface area contributed by atoms with Crippen LogP contribution in [0.1, 0.15) is 62.6 Å². The Morgan fingerprint density at radius 1 is 1.14 bits per heavy atom. The first-order valence-electron chi connectivity index (χ1n) is 12.5. The Balaban J connectivity index is 1.59. The van der Waals surface area contributed by atoms with Crippen LogP contribution >= 0.6 is 11.3 Å². The van der Waals surface area contributed by atoms with Gasteiger partial charge in [0.15, 0.2) is 0 Å². The Morgan fingerprint density at radius 2 is 1.94 bits per heavy atom. The minimum atomic E-state index is -0.365. The fourth-order valence-electron chi connectivity index (χ4n) is 5.03. The highest BCUT2D eigenvalue weighted by Gasteiger charge is 2.29. The standard InChI is InChI=1S/C30H30N2O3S/c1-5-35-30(34)27-22-13-11-18(3)15-26(22)36-29(27)32-28(33)23-16-25(20-12-10-17(2)14-19(20)4)31-24-9-7-6-8-21(23)24/h6-10,12,14,16,18H,5,11,13,15H2,1-4H3,(H,32,33)/t18-/m1/s1. The molecule has 0 saturated carbocycles. The van der Waals surface area contributed by atoms with Crippen LogP contribution in [0.15, 0.2) is 48.5 Å². The molecule has 1 aliphatic rings. The Bertz CT molecular complexity index is 1490. The second-order valence-electron chi connectivity index (χ2n) is 9.62. The van der Waals surface area contributed by atoms with Crippen LogP contribution in [-0.4, -0.2) is 23.5 Å². The summed E-state index contributed by atoms with van der Waals surface area (Å²) in [5.41, 5.74) is 6.86. The fourth-order valence-corrected chi connectivity index (χ4v) is 6.42. The van der Waals surface area contributed by atoms with E-state index in [0.717, 1.165) is 52.5 Å². The first kappa shape index (κ1) is 24.2. The van der Waals surface area contributed by atoms with Crippen LogP contribution in [-0.2, 0) is 17.6 Å². The van der Waals surface area contributed by atoms with E-state index in [1.54, 1.807) is 6.92 Å². The third kappa shape index (κ3) is 4.53. The zero-order valence-corrected chi connectivity index (χ0v) is 21.9. The molecule has 0 aliphatic heterocycles. The summed E-state index contributed by atoms with van der Waals surface area (Å²) in [5, 5.41) is 4.43. The van der Waals surface area contributed by atoms with Gasteiger partial charge in [0, 0.05) is 15.8 Å². The summed E-state index contributed by atoms with van der Waals surface area (Å²) < 4.78 is 5.38. The van der Waals surface area contributed by atoms with Crippen molar-refractivity contribution in [1.82, 2.24) is 4.98 Å². The van der Waals surface area contributed by atoms with Crippen LogP contribution in [0.4, 0.5) is 5.00 Å². The summed E-state index contributed by atoms with van der Waals surface area (Å²) in [6, 6.07) is 15.8. The summed E-state index contributed by atoms with van der Waals surface area (Å²) in [4.78, 5) is 32.7. The molecule has 5 rings (SSSR count). The normalized spacial score (nSPS) is 14.9. The number of carbonyl (C=O) groups is 2. The molecule has 1 amide bonds. The lowest BCUT2D eigenvalue weighted by Crippen LogP contribution is -2.17. The van der Waals surface area contributed by atoms with Crippen LogP contribution < -0.4 is 5.32 Å². The molecule has 2 aromatic carbocycles. The highest BCUT2D eigenvalue weighted by atomic mass is 32.1. The van der Waals surface area contributed by atoms with E-state index >= 15 is 0 Å². The number of aryl methyl sites for hydroxylation is 2. The Kier molecular flexibility index (Phi) is 6.63. The largest absolute Gasteiger partial charge is 0.462 e. The first-order valence-corrected chi connectivity index (χ1v) is 13.3. The molecule has 5 nitrogen and oxygen atoms in total. The van der Waals surface area contributed by atoms with Crippen LogP contribution in [0.5, 0.6) is 0 Å². The predicted octanol–water partition coefficient (Wildman–Crippen LogP) is 7.13. The number of fused-ring (bicyclic) bond motifs is 2. The molecular formula is C30H30N2O3S. The number of carbonyl (C=O) groups excluding carboxylic acids is 2. The molecule has 2 aromatic heterocycles. The van der Waals surface area contributed by atoms with E-state index in [9.17, 15) is 9.59 Å². The van der Waals surface area contributed by atoms with Gasteiger partial charge in [0.1, 0.15) is 5.00 Å². The van der Waals surface area contributed by atoms with Crippen molar-refractivity contribution in [3.63, 3.8) is 0 Å². The van der Waals surface area contributed by atoms with Gasteiger partial charge in [0.25, 0.3) is 5.91 Å². The molecule has 0 fully saturated rings. The van der Waals surface area contributed by atoms with Crippen LogP contribution in [0.2, 0.25) is 0 Å². The summed E-state index contributed by atoms with van der Waals surface area (Å²) in [6.45, 7) is 8.44. The maximum atomic E-state index is 13.8. The molecular weight excluding hydrogens is 468 g/mol. The zero-order chi connectivity index (χ0) is 25.4. The number of esters is 1. The van der Waals surface area contributed by atoms with Gasteiger partial charge in [-0.3, -0.25) is 4.79 Å². The van der Waals surface area contributed by atoms with Crippen molar-refractivity contribution in [2.24, 2.45) is 5.92 Å². The van der Waals surface area contributed by atoms with E-state index in [0.29, 0.717) is 28.7 Å². The highest BCUT2D eigenvalue weighted by Crippen LogP contribution is 2.40. The Morgan fingerprint density at radius 3 is 2.72 bits per heavy atom. The highest BCUT2D eigenvalue weighted by molar-refractivity contribution is 7.17. The number of hydrogen-bond acceptors (Lipinski definition) is 5.